The molecule has 3 rings (SSSR count). The number of rotatable bonds is 8. The minimum Gasteiger partial charge on any atom is -0.327 e. The molecule has 0 N–H and O–H groups in total. The van der Waals surface area contributed by atoms with E-state index in [1.807, 2.05) is 41.5 Å². The molecule has 3 aliphatic heterocycles. The van der Waals surface area contributed by atoms with Gasteiger partial charge in [0.15, 0.2) is 0 Å². The maximum Gasteiger partial charge on any atom is 0.320 e. The molecule has 0 aromatic carbocycles. The molecule has 0 atom stereocenters. The zero-order chi connectivity index (χ0) is 27.2. The Kier molecular flexibility index (Phi) is 8.07. The van der Waals surface area contributed by atoms with E-state index in [2.05, 4.69) is 13.8 Å². The molecule has 0 radical (unpaired) electrons. The Hall–Kier alpha value is -1.13. The lowest BCUT2D eigenvalue weighted by Crippen LogP contribution is -2.61. The van der Waals surface area contributed by atoms with Gasteiger partial charge in [-0.05, 0) is 45.4 Å². The summed E-state index contributed by atoms with van der Waals surface area (Å²) >= 11 is 0. The molecule has 0 aromatic heterocycles. The molecule has 3 fully saturated rings. The Balaban J connectivity index is 1.66. The zero-order valence-corrected chi connectivity index (χ0v) is 23.6. The summed E-state index contributed by atoms with van der Waals surface area (Å²) in [5.74, 6) is -1.36. The van der Waals surface area contributed by atoms with Crippen molar-refractivity contribution in [3.8, 4) is 0 Å². The second kappa shape index (κ2) is 9.88. The number of hydrogen-bond acceptors (Lipinski definition) is 7. The number of imide groups is 1. The smallest absolute Gasteiger partial charge is 0.320 e. The minimum absolute atomic E-state index is 0.107. The molecule has 3 saturated heterocycles. The third-order valence-electron chi connectivity index (χ3n) is 8.14. The Morgan fingerprint density at radius 3 is 1.81 bits per heavy atom. The largest absolute Gasteiger partial charge is 0.327 e. The van der Waals surface area contributed by atoms with E-state index < -0.39 is 28.6 Å². The van der Waals surface area contributed by atoms with Gasteiger partial charge in [0, 0.05) is 31.2 Å². The normalized spacial score (nSPS) is 34.0. The van der Waals surface area contributed by atoms with Crippen LogP contribution in [0.25, 0.3) is 0 Å². The molecular formula is C27H46FNO7. The van der Waals surface area contributed by atoms with Crippen molar-refractivity contribution in [1.82, 2.24) is 4.90 Å². The van der Waals surface area contributed by atoms with Crippen molar-refractivity contribution in [3.05, 3.63) is 0 Å². The van der Waals surface area contributed by atoms with Crippen LogP contribution in [0.2, 0.25) is 0 Å². The van der Waals surface area contributed by atoms with Crippen LogP contribution in [0, 0.1) is 16.7 Å². The van der Waals surface area contributed by atoms with Gasteiger partial charge < -0.3 is 23.7 Å². The van der Waals surface area contributed by atoms with Crippen LogP contribution < -0.4 is 0 Å². The van der Waals surface area contributed by atoms with Gasteiger partial charge in [-0.3, -0.25) is 14.5 Å². The van der Waals surface area contributed by atoms with Crippen LogP contribution in [0.5, 0.6) is 0 Å². The molecule has 0 bridgehead atoms. The van der Waals surface area contributed by atoms with E-state index in [4.69, 9.17) is 23.7 Å². The summed E-state index contributed by atoms with van der Waals surface area (Å²) in [5, 5.41) is 0. The first-order chi connectivity index (χ1) is 16.4. The number of ether oxygens (including phenoxy) is 5. The van der Waals surface area contributed by atoms with Crippen molar-refractivity contribution >= 4 is 11.8 Å². The molecule has 1 spiro atoms. The Labute approximate surface area is 215 Å². The summed E-state index contributed by atoms with van der Waals surface area (Å²) in [6.07, 6.45) is 1.61. The molecule has 0 unspecified atom stereocenters. The van der Waals surface area contributed by atoms with Gasteiger partial charge in [0.25, 0.3) is 5.97 Å². The Morgan fingerprint density at radius 2 is 1.39 bits per heavy atom. The fourth-order valence-corrected chi connectivity index (χ4v) is 5.63. The average molecular weight is 516 g/mol. The number of carbonyl (C=O) groups is 2. The van der Waals surface area contributed by atoms with Gasteiger partial charge in [-0.25, -0.2) is 0 Å². The monoisotopic (exact) mass is 515 g/mol. The topological polar surface area (TPSA) is 83.5 Å². The van der Waals surface area contributed by atoms with E-state index >= 15 is 0 Å². The zero-order valence-electron chi connectivity index (χ0n) is 23.6. The lowest BCUT2D eigenvalue weighted by atomic mass is 9.70. The summed E-state index contributed by atoms with van der Waals surface area (Å²) in [4.78, 5) is 27.8. The van der Waals surface area contributed by atoms with Crippen molar-refractivity contribution < 1.29 is 37.7 Å². The van der Waals surface area contributed by atoms with Crippen molar-refractivity contribution in [1.29, 1.82) is 0 Å². The molecule has 0 aromatic rings. The highest BCUT2D eigenvalue weighted by Gasteiger charge is 2.54. The second-order valence-electron chi connectivity index (χ2n) is 12.8. The maximum absolute atomic E-state index is 14.3. The number of nitrogens with zero attached hydrogens (tertiary/aromatic N) is 1. The van der Waals surface area contributed by atoms with Crippen LogP contribution in [0.4, 0.5) is 4.39 Å². The van der Waals surface area contributed by atoms with Gasteiger partial charge in [0.1, 0.15) is 0 Å². The predicted molar refractivity (Wildman–Crippen MR) is 131 cm³/mol. The van der Waals surface area contributed by atoms with Crippen LogP contribution in [-0.2, 0) is 33.3 Å². The third-order valence-corrected chi connectivity index (χ3v) is 8.14. The quantitative estimate of drug-likeness (QED) is 0.424. The molecule has 3 aliphatic rings. The van der Waals surface area contributed by atoms with Crippen LogP contribution >= 0.6 is 0 Å². The van der Waals surface area contributed by atoms with E-state index in [1.165, 1.54) is 4.90 Å². The number of halogens is 1. The average Bonchev–Trinajstić information content (AvgIpc) is 2.76. The van der Waals surface area contributed by atoms with E-state index in [9.17, 15) is 14.0 Å². The number of carbonyl (C=O) groups excluding carboxylic acids is 2. The first-order valence-corrected chi connectivity index (χ1v) is 13.2. The highest BCUT2D eigenvalue weighted by molar-refractivity contribution is 5.99. The molecule has 0 aliphatic carbocycles. The molecular weight excluding hydrogens is 469 g/mol. The van der Waals surface area contributed by atoms with Gasteiger partial charge in [-0.1, -0.05) is 34.6 Å². The fraction of sp³-hybridized carbons (Fsp3) is 0.926. The number of amides is 2. The number of alkyl halides is 1. The number of hydrogen-bond donors (Lipinski definition) is 0. The molecule has 36 heavy (non-hydrogen) atoms. The van der Waals surface area contributed by atoms with Crippen molar-refractivity contribution in [2.75, 3.05) is 26.4 Å². The van der Waals surface area contributed by atoms with Crippen molar-refractivity contribution in [3.63, 3.8) is 0 Å². The van der Waals surface area contributed by atoms with Gasteiger partial charge >= 0.3 is 6.04 Å². The van der Waals surface area contributed by atoms with E-state index in [0.717, 1.165) is 0 Å². The fourth-order valence-electron chi connectivity index (χ4n) is 5.63. The minimum atomic E-state index is -2.06. The van der Waals surface area contributed by atoms with E-state index in [-0.39, 0.29) is 56.0 Å². The summed E-state index contributed by atoms with van der Waals surface area (Å²) in [6.45, 7) is 18.0. The summed E-state index contributed by atoms with van der Waals surface area (Å²) < 4.78 is 43.7. The lowest BCUT2D eigenvalue weighted by Gasteiger charge is -2.51. The molecule has 2 amide bonds. The van der Waals surface area contributed by atoms with Crippen LogP contribution in [0.1, 0.15) is 94.4 Å². The summed E-state index contributed by atoms with van der Waals surface area (Å²) in [7, 11) is 0. The SMILES string of the molecule is CCC1(F)OCC2(CO1)COC(CC)(OC(C)(C)CC(C)(C)N1C(=O)CC(C)(C(C)C)CC1=O)OC2. The van der Waals surface area contributed by atoms with Gasteiger partial charge in [-0.2, -0.15) is 4.39 Å². The highest BCUT2D eigenvalue weighted by atomic mass is 19.2. The van der Waals surface area contributed by atoms with Crippen LogP contribution in [0.15, 0.2) is 0 Å². The molecule has 8 nitrogen and oxygen atoms in total. The Bertz CT molecular complexity index is 804. The van der Waals surface area contributed by atoms with E-state index in [0.29, 0.717) is 25.7 Å². The summed E-state index contributed by atoms with van der Waals surface area (Å²) in [6, 6.07) is -2.06. The molecule has 3 heterocycles. The second-order valence-corrected chi connectivity index (χ2v) is 12.8. The number of piperidine rings is 1. The lowest BCUT2D eigenvalue weighted by molar-refractivity contribution is -0.464. The first-order valence-electron chi connectivity index (χ1n) is 13.2. The van der Waals surface area contributed by atoms with Crippen molar-refractivity contribution in [2.45, 2.75) is 118 Å². The first kappa shape index (κ1) is 29.4. The van der Waals surface area contributed by atoms with Gasteiger partial charge in [0.05, 0.1) is 37.4 Å². The van der Waals surface area contributed by atoms with Crippen molar-refractivity contribution in [2.24, 2.45) is 16.7 Å². The van der Waals surface area contributed by atoms with Gasteiger partial charge in [0.2, 0.25) is 11.8 Å². The predicted octanol–water partition coefficient (Wildman–Crippen LogP) is 4.94. The van der Waals surface area contributed by atoms with Crippen LogP contribution in [0.3, 0.4) is 0 Å². The maximum atomic E-state index is 14.3. The van der Waals surface area contributed by atoms with Gasteiger partial charge in [-0.15, -0.1) is 0 Å². The van der Waals surface area contributed by atoms with E-state index in [1.54, 1.807) is 6.92 Å². The molecule has 9 heteroatoms. The molecule has 208 valence electrons. The molecule has 0 saturated carbocycles. The highest BCUT2D eigenvalue weighted by Crippen LogP contribution is 2.45. The third kappa shape index (κ3) is 5.96. The number of likely N-dealkylation sites (tertiary alicyclic amines) is 1. The summed E-state index contributed by atoms with van der Waals surface area (Å²) in [5.41, 5.74) is -2.49. The van der Waals surface area contributed by atoms with Crippen LogP contribution in [-0.4, -0.2) is 66.3 Å². The standard InChI is InChI=1S/C27H46FNO7/c1-10-26(28)32-15-25(16-33-26)17-34-27(11-2,35-18-25)36-23(7,8)14-22(5,6)29-20(30)12-24(9,19(3)4)13-21(29)31/h19H,10-18H2,1-9H3. The Morgan fingerprint density at radius 1 is 0.917 bits per heavy atom.